The van der Waals surface area contributed by atoms with Crippen LogP contribution in [0.3, 0.4) is 0 Å². The number of unbranched alkanes of at least 4 members (excludes halogenated alkanes) is 1. The van der Waals surface area contributed by atoms with Crippen LogP contribution in [0.5, 0.6) is 0 Å². The van der Waals surface area contributed by atoms with Gasteiger partial charge in [0.15, 0.2) is 11.1 Å². The lowest BCUT2D eigenvalue weighted by Gasteiger charge is -2.13. The third kappa shape index (κ3) is 5.75. The molecule has 0 bridgehead atoms. The van der Waals surface area contributed by atoms with Crippen LogP contribution >= 0.6 is 23.7 Å². The van der Waals surface area contributed by atoms with Crippen molar-refractivity contribution in [2.24, 2.45) is 10.7 Å². The summed E-state index contributed by atoms with van der Waals surface area (Å²) in [6.07, 6.45) is 2.32. The third-order valence-electron chi connectivity index (χ3n) is 4.31. The summed E-state index contributed by atoms with van der Waals surface area (Å²) in [6, 6.07) is 6.94. The van der Waals surface area contributed by atoms with Gasteiger partial charge >= 0.3 is 0 Å². The molecule has 0 spiro atoms. The minimum absolute atomic E-state index is 0. The number of nitrogens with two attached hydrogens (primary N) is 1. The van der Waals surface area contributed by atoms with E-state index < -0.39 is 0 Å². The second-order valence-corrected chi connectivity index (χ2v) is 7.15. The first-order chi connectivity index (χ1) is 13.6. The molecule has 8 nitrogen and oxygen atoms in total. The van der Waals surface area contributed by atoms with Gasteiger partial charge in [0.05, 0.1) is 30.0 Å². The van der Waals surface area contributed by atoms with Gasteiger partial charge < -0.3 is 15.8 Å². The Balaban J connectivity index is 0.00000300. The van der Waals surface area contributed by atoms with Crippen LogP contribution in [-0.2, 0) is 11.2 Å². The lowest BCUT2D eigenvalue weighted by atomic mass is 10.1. The number of ether oxygens (including phenoxy) is 1. The number of hydrogen-bond donors (Lipinski definition) is 2. The number of amides is 2. The number of nitrogens with zero attached hydrogens (tertiary/aromatic N) is 3. The normalized spacial score (nSPS) is 13.4. The molecule has 0 fully saturated rings. The largest absolute Gasteiger partial charge is 0.383 e. The summed E-state index contributed by atoms with van der Waals surface area (Å²) in [5, 5.41) is 5.61. The fourth-order valence-corrected chi connectivity index (χ4v) is 3.66. The molecule has 1 aromatic carbocycles. The van der Waals surface area contributed by atoms with E-state index in [0.29, 0.717) is 41.9 Å². The van der Waals surface area contributed by atoms with Gasteiger partial charge in [0, 0.05) is 19.0 Å². The van der Waals surface area contributed by atoms with Crippen molar-refractivity contribution in [3.8, 4) is 0 Å². The quantitative estimate of drug-likeness (QED) is 0.270. The highest BCUT2D eigenvalue weighted by Gasteiger charge is 2.34. The van der Waals surface area contributed by atoms with Crippen LogP contribution in [-0.4, -0.2) is 54.5 Å². The fourth-order valence-electron chi connectivity index (χ4n) is 2.90. The number of imide groups is 1. The van der Waals surface area contributed by atoms with Crippen molar-refractivity contribution < 1.29 is 14.3 Å². The first kappa shape index (κ1) is 22.8. The molecule has 1 aliphatic rings. The smallest absolute Gasteiger partial charge is 0.261 e. The summed E-state index contributed by atoms with van der Waals surface area (Å²) in [5.41, 5.74) is 7.72. The van der Waals surface area contributed by atoms with Crippen LogP contribution in [0.4, 0.5) is 5.13 Å². The fraction of sp³-hybridized carbons (Fsp3) is 0.368. The first-order valence-corrected chi connectivity index (χ1v) is 9.93. The van der Waals surface area contributed by atoms with Crippen molar-refractivity contribution in [3.63, 3.8) is 0 Å². The molecule has 2 aromatic rings. The van der Waals surface area contributed by atoms with Crippen LogP contribution in [0.2, 0.25) is 0 Å². The van der Waals surface area contributed by atoms with E-state index >= 15 is 0 Å². The predicted molar refractivity (Wildman–Crippen MR) is 116 cm³/mol. The van der Waals surface area contributed by atoms with Gasteiger partial charge in [-0.15, -0.1) is 23.7 Å². The van der Waals surface area contributed by atoms with Crippen molar-refractivity contribution in [1.29, 1.82) is 0 Å². The molecule has 0 atom stereocenters. The summed E-state index contributed by atoms with van der Waals surface area (Å²) >= 11 is 1.46. The second-order valence-electron chi connectivity index (χ2n) is 6.29. The number of rotatable bonds is 9. The molecule has 2 heterocycles. The minimum Gasteiger partial charge on any atom is -0.383 e. The van der Waals surface area contributed by atoms with Crippen molar-refractivity contribution in [2.75, 3.05) is 32.1 Å². The van der Waals surface area contributed by atoms with Crippen molar-refractivity contribution in [2.45, 2.75) is 19.3 Å². The highest BCUT2D eigenvalue weighted by Crippen LogP contribution is 2.23. The van der Waals surface area contributed by atoms with Crippen molar-refractivity contribution in [1.82, 2.24) is 9.88 Å². The van der Waals surface area contributed by atoms with E-state index in [9.17, 15) is 9.59 Å². The molecule has 0 saturated carbocycles. The summed E-state index contributed by atoms with van der Waals surface area (Å²) in [4.78, 5) is 34.6. The molecular weight excluding hydrogens is 414 g/mol. The van der Waals surface area contributed by atoms with E-state index in [2.05, 4.69) is 15.3 Å². The van der Waals surface area contributed by atoms with Gasteiger partial charge in [-0.1, -0.05) is 12.1 Å². The molecule has 0 radical (unpaired) electrons. The van der Waals surface area contributed by atoms with Gasteiger partial charge in [0.2, 0.25) is 0 Å². The van der Waals surface area contributed by atoms with E-state index in [-0.39, 0.29) is 24.2 Å². The number of aromatic nitrogens is 1. The molecule has 1 aromatic heterocycles. The van der Waals surface area contributed by atoms with Crippen molar-refractivity contribution >= 4 is 46.6 Å². The molecule has 0 unspecified atom stereocenters. The maximum Gasteiger partial charge on any atom is 0.261 e. The predicted octanol–water partition coefficient (Wildman–Crippen LogP) is 2.56. The van der Waals surface area contributed by atoms with Crippen LogP contribution in [0, 0.1) is 0 Å². The minimum atomic E-state index is -0.205. The van der Waals surface area contributed by atoms with Gasteiger partial charge in [-0.25, -0.2) is 4.98 Å². The Morgan fingerprint density at radius 2 is 1.93 bits per heavy atom. The number of benzene rings is 1. The molecule has 3 N–H and O–H groups in total. The standard InChI is InChI=1S/C19H23N5O3S.ClH/c1-27-11-9-21-18(20)23-19-22-13(12-28-19)6-4-5-10-24-16(25)14-7-2-3-8-15(14)17(24)26;/h2-3,7-8,12H,4-6,9-11H2,1H3,(H3,20,21,22,23);1H. The Kier molecular flexibility index (Phi) is 8.56. The number of aliphatic imine (C=N–C) groups is 1. The molecule has 2 amide bonds. The highest BCUT2D eigenvalue weighted by atomic mass is 35.5. The number of guanidine groups is 1. The van der Waals surface area contributed by atoms with Crippen LogP contribution in [0.15, 0.2) is 34.6 Å². The molecule has 0 saturated heterocycles. The maximum atomic E-state index is 12.3. The Bertz CT molecular complexity index is 851. The number of methoxy groups -OCH3 is 1. The summed E-state index contributed by atoms with van der Waals surface area (Å²) in [6.45, 7) is 1.42. The number of nitrogens with one attached hydrogen (secondary N) is 1. The van der Waals surface area contributed by atoms with E-state index in [1.807, 2.05) is 5.38 Å². The maximum absolute atomic E-state index is 12.3. The average molecular weight is 438 g/mol. The van der Waals surface area contributed by atoms with Gasteiger partial charge in [-0.2, -0.15) is 0 Å². The Labute approximate surface area is 179 Å². The molecule has 29 heavy (non-hydrogen) atoms. The average Bonchev–Trinajstić information content (AvgIpc) is 3.23. The number of hydrogen-bond acceptors (Lipinski definition) is 6. The number of fused-ring (bicyclic) bond motifs is 1. The van der Waals surface area contributed by atoms with E-state index in [4.69, 9.17) is 10.5 Å². The van der Waals surface area contributed by atoms with E-state index in [1.54, 1.807) is 31.4 Å². The summed E-state index contributed by atoms with van der Waals surface area (Å²) in [5.74, 6) is -0.100. The van der Waals surface area contributed by atoms with Gasteiger partial charge in [-0.05, 0) is 31.4 Å². The first-order valence-electron chi connectivity index (χ1n) is 9.05. The number of thiazole rings is 1. The number of carbonyl (C=O) groups excluding carboxylic acids is 2. The second kappa shape index (κ2) is 10.9. The lowest BCUT2D eigenvalue weighted by molar-refractivity contribution is 0.0652. The van der Waals surface area contributed by atoms with Gasteiger partial charge in [0.1, 0.15) is 0 Å². The monoisotopic (exact) mass is 437 g/mol. The summed E-state index contributed by atoms with van der Waals surface area (Å²) < 4.78 is 4.92. The molecule has 10 heteroatoms. The third-order valence-corrected chi connectivity index (χ3v) is 5.11. The number of anilines is 1. The molecule has 0 aliphatic carbocycles. The topological polar surface area (TPSA) is 110 Å². The zero-order valence-corrected chi connectivity index (χ0v) is 17.7. The number of carbonyl (C=O) groups is 2. The Morgan fingerprint density at radius 1 is 1.24 bits per heavy atom. The van der Waals surface area contributed by atoms with Gasteiger partial charge in [0.25, 0.3) is 11.8 Å². The zero-order valence-electron chi connectivity index (χ0n) is 16.1. The molecular formula is C19H24ClN5O3S. The number of halogens is 1. The van der Waals surface area contributed by atoms with Crippen LogP contribution in [0.25, 0.3) is 0 Å². The SMILES string of the molecule is COCC/N=C(/N)Nc1nc(CCCCN2C(=O)c3ccccc3C2=O)cs1.Cl. The number of aryl methyl sites for hydroxylation is 1. The van der Waals surface area contributed by atoms with Crippen molar-refractivity contribution in [3.05, 3.63) is 46.5 Å². The van der Waals surface area contributed by atoms with Gasteiger partial charge in [-0.3, -0.25) is 19.5 Å². The highest BCUT2D eigenvalue weighted by molar-refractivity contribution is 7.13. The van der Waals surface area contributed by atoms with Crippen LogP contribution < -0.4 is 11.1 Å². The van der Waals surface area contributed by atoms with E-state index in [0.717, 1.165) is 25.0 Å². The molecule has 3 rings (SSSR count). The molecule has 1 aliphatic heterocycles. The molecule has 156 valence electrons. The van der Waals surface area contributed by atoms with Crippen LogP contribution in [0.1, 0.15) is 39.3 Å². The lowest BCUT2D eigenvalue weighted by Crippen LogP contribution is -2.30. The summed E-state index contributed by atoms with van der Waals surface area (Å²) in [7, 11) is 1.61. The van der Waals surface area contributed by atoms with E-state index in [1.165, 1.54) is 16.2 Å². The zero-order chi connectivity index (χ0) is 19.9. The Morgan fingerprint density at radius 3 is 2.59 bits per heavy atom. The Hall–Kier alpha value is -2.49.